The Morgan fingerprint density at radius 2 is 1.69 bits per heavy atom. The van der Waals surface area contributed by atoms with E-state index in [4.69, 9.17) is 0 Å². The van der Waals surface area contributed by atoms with Gasteiger partial charge in [-0.25, -0.2) is 0 Å². The minimum absolute atomic E-state index is 0.100. The van der Waals surface area contributed by atoms with Crippen molar-refractivity contribution < 1.29 is 9.90 Å². The van der Waals surface area contributed by atoms with Gasteiger partial charge in [0.05, 0.1) is 6.10 Å². The van der Waals surface area contributed by atoms with E-state index in [1.54, 1.807) is 6.92 Å². The van der Waals surface area contributed by atoms with Crippen LogP contribution in [-0.2, 0) is 4.79 Å². The van der Waals surface area contributed by atoms with Gasteiger partial charge in [0, 0.05) is 5.92 Å². The van der Waals surface area contributed by atoms with Crippen LogP contribution in [0.5, 0.6) is 0 Å². The molecule has 2 atom stereocenters. The van der Waals surface area contributed by atoms with Crippen LogP contribution in [0.15, 0.2) is 0 Å². The summed E-state index contributed by atoms with van der Waals surface area (Å²) in [4.78, 5) is 11.2. The fraction of sp³-hybridized carbons (Fsp3) is 0.909. The van der Waals surface area contributed by atoms with Gasteiger partial charge in [0.2, 0.25) is 0 Å². The Balaban J connectivity index is 4.28. The number of rotatable bonds is 5. The zero-order chi connectivity index (χ0) is 10.6. The van der Waals surface area contributed by atoms with Crippen LogP contribution in [0.4, 0.5) is 0 Å². The monoisotopic (exact) mass is 186 g/mol. The third-order valence-corrected chi connectivity index (χ3v) is 2.32. The normalized spacial score (nSPS) is 16.3. The topological polar surface area (TPSA) is 37.3 Å². The lowest BCUT2D eigenvalue weighted by Crippen LogP contribution is -2.32. The van der Waals surface area contributed by atoms with Gasteiger partial charge < -0.3 is 5.11 Å². The predicted molar refractivity (Wildman–Crippen MR) is 54.5 cm³/mol. The van der Waals surface area contributed by atoms with Crippen molar-refractivity contribution >= 4 is 5.78 Å². The summed E-state index contributed by atoms with van der Waals surface area (Å²) in [7, 11) is 0. The number of Topliss-reactive ketones (excluding diaryl/α,β-unsaturated/α-hetero) is 1. The molecule has 2 nitrogen and oxygen atoms in total. The highest BCUT2D eigenvalue weighted by atomic mass is 16.3. The van der Waals surface area contributed by atoms with Gasteiger partial charge in [0.25, 0.3) is 0 Å². The molecule has 0 heterocycles. The second-order valence-corrected chi connectivity index (χ2v) is 4.58. The first-order valence-electron chi connectivity index (χ1n) is 5.04. The molecule has 0 radical (unpaired) electrons. The van der Waals surface area contributed by atoms with E-state index in [0.717, 1.165) is 0 Å². The molecule has 0 saturated carbocycles. The molecule has 0 aromatic rings. The molecular formula is C11H22O2. The van der Waals surface area contributed by atoms with Crippen molar-refractivity contribution in [1.82, 2.24) is 0 Å². The molecular weight excluding hydrogens is 164 g/mol. The lowest BCUT2D eigenvalue weighted by atomic mass is 9.83. The number of hydrogen-bond acceptors (Lipinski definition) is 2. The molecule has 78 valence electrons. The molecule has 0 fully saturated rings. The second-order valence-electron chi connectivity index (χ2n) is 4.58. The lowest BCUT2D eigenvalue weighted by molar-refractivity contribution is -0.126. The molecule has 13 heavy (non-hydrogen) atoms. The van der Waals surface area contributed by atoms with Crippen molar-refractivity contribution in [3.8, 4) is 0 Å². The van der Waals surface area contributed by atoms with E-state index in [-0.39, 0.29) is 17.6 Å². The fourth-order valence-electron chi connectivity index (χ4n) is 1.81. The molecule has 2 heteroatoms. The van der Waals surface area contributed by atoms with Gasteiger partial charge in [0.1, 0.15) is 5.78 Å². The van der Waals surface area contributed by atoms with Crippen molar-refractivity contribution in [1.29, 1.82) is 0 Å². The van der Waals surface area contributed by atoms with E-state index in [1.807, 2.05) is 13.8 Å². The van der Waals surface area contributed by atoms with Gasteiger partial charge in [-0.15, -0.1) is 0 Å². The van der Waals surface area contributed by atoms with Crippen molar-refractivity contribution in [3.05, 3.63) is 0 Å². The minimum atomic E-state index is -0.475. The standard InChI is InChI=1S/C11H22O2/c1-7(2)6-10(13)11(8(3)4)9(5)12/h7-8,10-11,13H,6H2,1-5H3. The summed E-state index contributed by atoms with van der Waals surface area (Å²) >= 11 is 0. The third-order valence-electron chi connectivity index (χ3n) is 2.32. The predicted octanol–water partition coefficient (Wildman–Crippen LogP) is 2.25. The highest BCUT2D eigenvalue weighted by molar-refractivity contribution is 5.79. The van der Waals surface area contributed by atoms with E-state index in [1.165, 1.54) is 0 Å². The third kappa shape index (κ3) is 4.41. The van der Waals surface area contributed by atoms with Gasteiger partial charge in [-0.05, 0) is 25.2 Å². The van der Waals surface area contributed by atoms with Crippen LogP contribution in [0.25, 0.3) is 0 Å². The van der Waals surface area contributed by atoms with E-state index in [9.17, 15) is 9.90 Å². The number of hydrogen-bond donors (Lipinski definition) is 1. The summed E-state index contributed by atoms with van der Waals surface area (Å²) in [5.41, 5.74) is 0. The average Bonchev–Trinajstić information content (AvgIpc) is 1.81. The van der Waals surface area contributed by atoms with Crippen molar-refractivity contribution in [2.24, 2.45) is 17.8 Å². The van der Waals surface area contributed by atoms with Crippen LogP contribution in [0.3, 0.4) is 0 Å². The molecule has 0 spiro atoms. The highest BCUT2D eigenvalue weighted by Crippen LogP contribution is 2.21. The molecule has 0 aromatic carbocycles. The smallest absolute Gasteiger partial charge is 0.135 e. The van der Waals surface area contributed by atoms with Gasteiger partial charge in [0.15, 0.2) is 0 Å². The largest absolute Gasteiger partial charge is 0.392 e. The maximum Gasteiger partial charge on any atom is 0.135 e. The van der Waals surface area contributed by atoms with Gasteiger partial charge in [-0.1, -0.05) is 27.7 Å². The van der Waals surface area contributed by atoms with E-state index in [0.29, 0.717) is 12.3 Å². The molecule has 0 aliphatic carbocycles. The Kier molecular flexibility index (Phi) is 5.23. The first-order chi connectivity index (χ1) is 5.86. The van der Waals surface area contributed by atoms with Crippen LogP contribution in [0.1, 0.15) is 41.0 Å². The van der Waals surface area contributed by atoms with E-state index in [2.05, 4.69) is 13.8 Å². The number of aliphatic hydroxyl groups excluding tert-OH is 1. The quantitative estimate of drug-likeness (QED) is 0.715. The Morgan fingerprint density at radius 1 is 1.23 bits per heavy atom. The Labute approximate surface area is 81.3 Å². The highest BCUT2D eigenvalue weighted by Gasteiger charge is 2.27. The summed E-state index contributed by atoms with van der Waals surface area (Å²) in [6, 6.07) is 0. The number of carbonyl (C=O) groups excluding carboxylic acids is 1. The zero-order valence-corrected chi connectivity index (χ0v) is 9.37. The summed E-state index contributed by atoms with van der Waals surface area (Å²) < 4.78 is 0. The van der Waals surface area contributed by atoms with Crippen LogP contribution < -0.4 is 0 Å². The summed E-state index contributed by atoms with van der Waals surface area (Å²) in [5, 5.41) is 9.80. The molecule has 2 unspecified atom stereocenters. The summed E-state index contributed by atoms with van der Waals surface area (Å²) in [6.45, 7) is 9.64. The summed E-state index contributed by atoms with van der Waals surface area (Å²) in [6.07, 6.45) is 0.236. The fourth-order valence-corrected chi connectivity index (χ4v) is 1.81. The molecule has 0 aliphatic heterocycles. The average molecular weight is 186 g/mol. The molecule has 0 aliphatic rings. The van der Waals surface area contributed by atoms with Crippen LogP contribution in [0, 0.1) is 17.8 Å². The Morgan fingerprint density at radius 3 is 1.92 bits per heavy atom. The molecule has 0 bridgehead atoms. The van der Waals surface area contributed by atoms with Gasteiger partial charge >= 0.3 is 0 Å². The summed E-state index contributed by atoms with van der Waals surface area (Å²) in [5.74, 6) is 0.576. The molecule has 0 aromatic heterocycles. The maximum atomic E-state index is 11.2. The number of carbonyl (C=O) groups is 1. The molecule has 0 saturated heterocycles. The molecule has 0 amide bonds. The molecule has 0 rings (SSSR count). The van der Waals surface area contributed by atoms with Crippen LogP contribution in [0.2, 0.25) is 0 Å². The van der Waals surface area contributed by atoms with E-state index < -0.39 is 6.10 Å². The number of aliphatic hydroxyl groups is 1. The van der Waals surface area contributed by atoms with Crippen LogP contribution in [-0.4, -0.2) is 17.0 Å². The maximum absolute atomic E-state index is 11.2. The van der Waals surface area contributed by atoms with Crippen LogP contribution >= 0.6 is 0 Å². The minimum Gasteiger partial charge on any atom is -0.392 e. The zero-order valence-electron chi connectivity index (χ0n) is 9.37. The second kappa shape index (κ2) is 5.38. The molecule has 1 N–H and O–H groups in total. The van der Waals surface area contributed by atoms with Gasteiger partial charge in [-0.3, -0.25) is 4.79 Å². The van der Waals surface area contributed by atoms with Crippen molar-refractivity contribution in [2.75, 3.05) is 0 Å². The van der Waals surface area contributed by atoms with Crippen molar-refractivity contribution in [3.63, 3.8) is 0 Å². The Bertz CT molecular complexity index is 161. The first-order valence-corrected chi connectivity index (χ1v) is 5.04. The number of ketones is 1. The van der Waals surface area contributed by atoms with Gasteiger partial charge in [-0.2, -0.15) is 0 Å². The Hall–Kier alpha value is -0.370. The first kappa shape index (κ1) is 12.6. The lowest BCUT2D eigenvalue weighted by Gasteiger charge is -2.25. The van der Waals surface area contributed by atoms with E-state index >= 15 is 0 Å². The van der Waals surface area contributed by atoms with Crippen molar-refractivity contribution in [2.45, 2.75) is 47.1 Å². The SMILES string of the molecule is CC(=O)C(C(C)C)C(O)CC(C)C.